The number of ether oxygens (including phenoxy) is 1. The number of piperidine rings is 1. The first kappa shape index (κ1) is 18.7. The van der Waals surface area contributed by atoms with E-state index >= 15 is 0 Å². The molecule has 7 nitrogen and oxygen atoms in total. The zero-order valence-corrected chi connectivity index (χ0v) is 15.9. The molecule has 0 radical (unpaired) electrons. The van der Waals surface area contributed by atoms with Gasteiger partial charge < -0.3 is 4.74 Å². The Balaban J connectivity index is 1.32. The van der Waals surface area contributed by atoms with Crippen LogP contribution in [-0.2, 0) is 16.0 Å². The second-order valence-corrected chi connectivity index (χ2v) is 7.93. The van der Waals surface area contributed by atoms with Crippen molar-refractivity contribution in [2.45, 2.75) is 32.6 Å². The number of carbonyl (C=O) groups excluding carboxylic acids is 1. The molecule has 8 heteroatoms. The van der Waals surface area contributed by atoms with E-state index in [1.54, 1.807) is 0 Å². The highest BCUT2D eigenvalue weighted by Crippen LogP contribution is 2.21. The van der Waals surface area contributed by atoms with E-state index in [2.05, 4.69) is 25.3 Å². The Kier molecular flexibility index (Phi) is 7.15. The van der Waals surface area contributed by atoms with E-state index in [9.17, 15) is 4.79 Å². The van der Waals surface area contributed by atoms with Gasteiger partial charge in [0, 0.05) is 13.1 Å². The van der Waals surface area contributed by atoms with Gasteiger partial charge in [0.2, 0.25) is 11.0 Å². The summed E-state index contributed by atoms with van der Waals surface area (Å²) in [5.74, 6) is 0.808. The number of aromatic nitrogens is 2. The van der Waals surface area contributed by atoms with Crippen LogP contribution < -0.4 is 5.32 Å². The Bertz CT molecular complexity index is 539. The molecule has 140 valence electrons. The van der Waals surface area contributed by atoms with E-state index in [1.807, 2.05) is 6.92 Å². The topological polar surface area (TPSA) is 70.6 Å². The molecule has 0 bridgehead atoms. The Labute approximate surface area is 153 Å². The number of carbonyl (C=O) groups is 1. The van der Waals surface area contributed by atoms with Crippen LogP contribution in [0.4, 0.5) is 5.13 Å². The van der Waals surface area contributed by atoms with Gasteiger partial charge in [0.1, 0.15) is 5.01 Å². The normalized spacial score (nSPS) is 20.7. The van der Waals surface area contributed by atoms with E-state index in [-0.39, 0.29) is 5.91 Å². The lowest BCUT2D eigenvalue weighted by atomic mass is 9.93. The summed E-state index contributed by atoms with van der Waals surface area (Å²) in [6.45, 7) is 9.60. The Hall–Kier alpha value is -1.09. The van der Waals surface area contributed by atoms with Crippen LogP contribution in [-0.4, -0.2) is 78.4 Å². The van der Waals surface area contributed by atoms with Crippen LogP contribution in [0.15, 0.2) is 0 Å². The van der Waals surface area contributed by atoms with Crippen molar-refractivity contribution in [2.24, 2.45) is 5.92 Å². The van der Waals surface area contributed by atoms with Crippen molar-refractivity contribution in [3.8, 4) is 0 Å². The minimum absolute atomic E-state index is 0.0190. The summed E-state index contributed by atoms with van der Waals surface area (Å²) >= 11 is 1.46. The van der Waals surface area contributed by atoms with Gasteiger partial charge in [-0.05, 0) is 51.2 Å². The number of rotatable bonds is 7. The van der Waals surface area contributed by atoms with Crippen molar-refractivity contribution in [1.82, 2.24) is 20.0 Å². The number of morpholine rings is 1. The first-order valence-electron chi connectivity index (χ1n) is 9.37. The molecule has 0 atom stereocenters. The van der Waals surface area contributed by atoms with Crippen LogP contribution in [0.2, 0.25) is 0 Å². The molecule has 0 unspecified atom stereocenters. The van der Waals surface area contributed by atoms with Gasteiger partial charge in [0.25, 0.3) is 0 Å². The van der Waals surface area contributed by atoms with Gasteiger partial charge in [-0.25, -0.2) is 0 Å². The average Bonchev–Trinajstić information content (AvgIpc) is 3.09. The molecule has 1 amide bonds. The fraction of sp³-hybridized carbons (Fsp3) is 0.824. The SMILES string of the molecule is CCc1nnc(NC(=O)CN2CCC(CCN3CCOCC3)CC2)s1. The number of anilines is 1. The molecule has 0 aromatic carbocycles. The lowest BCUT2D eigenvalue weighted by molar-refractivity contribution is -0.117. The van der Waals surface area contributed by atoms with E-state index in [0.29, 0.717) is 11.7 Å². The van der Waals surface area contributed by atoms with Crippen molar-refractivity contribution in [2.75, 3.05) is 57.8 Å². The summed E-state index contributed by atoms with van der Waals surface area (Å²) in [5.41, 5.74) is 0. The summed E-state index contributed by atoms with van der Waals surface area (Å²) in [7, 11) is 0. The highest BCUT2D eigenvalue weighted by Gasteiger charge is 2.22. The van der Waals surface area contributed by atoms with Gasteiger partial charge in [-0.3, -0.25) is 19.9 Å². The standard InChI is InChI=1S/C17H29N5O2S/c1-2-16-19-20-17(25-16)18-15(23)13-22-7-4-14(5-8-22)3-6-21-9-11-24-12-10-21/h14H,2-13H2,1H3,(H,18,20,23). The zero-order chi connectivity index (χ0) is 17.5. The van der Waals surface area contributed by atoms with Crippen molar-refractivity contribution < 1.29 is 9.53 Å². The van der Waals surface area contributed by atoms with Gasteiger partial charge >= 0.3 is 0 Å². The molecule has 1 aromatic heterocycles. The van der Waals surface area contributed by atoms with Crippen molar-refractivity contribution in [3.05, 3.63) is 5.01 Å². The summed E-state index contributed by atoms with van der Waals surface area (Å²) in [5, 5.41) is 12.5. The predicted octanol–water partition coefficient (Wildman–Crippen LogP) is 1.47. The molecule has 2 fully saturated rings. The van der Waals surface area contributed by atoms with Gasteiger partial charge in [-0.1, -0.05) is 18.3 Å². The highest BCUT2D eigenvalue weighted by atomic mass is 32.1. The molecule has 3 rings (SSSR count). The maximum atomic E-state index is 12.2. The number of nitrogens with zero attached hydrogens (tertiary/aromatic N) is 4. The van der Waals surface area contributed by atoms with Crippen LogP contribution in [0, 0.1) is 5.92 Å². The third kappa shape index (κ3) is 5.99. The molecule has 1 aromatic rings. The largest absolute Gasteiger partial charge is 0.379 e. The monoisotopic (exact) mass is 367 g/mol. The molecule has 2 saturated heterocycles. The number of hydrogen-bond acceptors (Lipinski definition) is 7. The summed E-state index contributed by atoms with van der Waals surface area (Å²) in [6.07, 6.45) is 4.50. The predicted molar refractivity (Wildman–Crippen MR) is 99.0 cm³/mol. The minimum atomic E-state index is 0.0190. The molecular weight excluding hydrogens is 338 g/mol. The second-order valence-electron chi connectivity index (χ2n) is 6.86. The third-order valence-corrected chi connectivity index (χ3v) is 6.03. The maximum absolute atomic E-state index is 12.2. The van der Waals surface area contributed by atoms with E-state index in [1.165, 1.54) is 37.1 Å². The average molecular weight is 368 g/mol. The fourth-order valence-electron chi connectivity index (χ4n) is 3.43. The van der Waals surface area contributed by atoms with Gasteiger partial charge in [0.05, 0.1) is 19.8 Å². The van der Waals surface area contributed by atoms with E-state index in [4.69, 9.17) is 4.74 Å². The Morgan fingerprint density at radius 1 is 1.20 bits per heavy atom. The van der Waals surface area contributed by atoms with Crippen LogP contribution >= 0.6 is 11.3 Å². The fourth-order valence-corrected chi connectivity index (χ4v) is 4.13. The summed E-state index contributed by atoms with van der Waals surface area (Å²) in [6, 6.07) is 0. The third-order valence-electron chi connectivity index (χ3n) is 5.05. The highest BCUT2D eigenvalue weighted by molar-refractivity contribution is 7.15. The molecule has 25 heavy (non-hydrogen) atoms. The van der Waals surface area contributed by atoms with Crippen LogP contribution in [0.5, 0.6) is 0 Å². The number of hydrogen-bond donors (Lipinski definition) is 1. The Morgan fingerprint density at radius 3 is 2.64 bits per heavy atom. The summed E-state index contributed by atoms with van der Waals surface area (Å²) < 4.78 is 5.40. The molecular formula is C17H29N5O2S. The number of nitrogens with one attached hydrogen (secondary N) is 1. The second kappa shape index (κ2) is 9.56. The molecule has 2 aliphatic heterocycles. The first-order valence-corrected chi connectivity index (χ1v) is 10.2. The van der Waals surface area contributed by atoms with Crippen molar-refractivity contribution in [1.29, 1.82) is 0 Å². The Morgan fingerprint density at radius 2 is 1.96 bits per heavy atom. The number of amides is 1. The van der Waals surface area contributed by atoms with Crippen molar-refractivity contribution in [3.63, 3.8) is 0 Å². The van der Waals surface area contributed by atoms with E-state index < -0.39 is 0 Å². The lowest BCUT2D eigenvalue weighted by Crippen LogP contribution is -2.41. The molecule has 0 spiro atoms. The van der Waals surface area contributed by atoms with Crippen LogP contribution in [0.25, 0.3) is 0 Å². The first-order chi connectivity index (χ1) is 12.2. The van der Waals surface area contributed by atoms with Crippen LogP contribution in [0.1, 0.15) is 31.2 Å². The number of aryl methyl sites for hydroxylation is 1. The summed E-state index contributed by atoms with van der Waals surface area (Å²) in [4.78, 5) is 16.9. The van der Waals surface area contributed by atoms with Gasteiger partial charge in [-0.2, -0.15) is 0 Å². The smallest absolute Gasteiger partial charge is 0.240 e. The molecule has 1 N–H and O–H groups in total. The molecule has 2 aliphatic rings. The van der Waals surface area contributed by atoms with Gasteiger partial charge in [-0.15, -0.1) is 10.2 Å². The molecule has 3 heterocycles. The van der Waals surface area contributed by atoms with E-state index in [0.717, 1.165) is 56.7 Å². The lowest BCUT2D eigenvalue weighted by Gasteiger charge is -2.33. The zero-order valence-electron chi connectivity index (χ0n) is 15.1. The van der Waals surface area contributed by atoms with Gasteiger partial charge in [0.15, 0.2) is 0 Å². The molecule has 0 aliphatic carbocycles. The van der Waals surface area contributed by atoms with Crippen molar-refractivity contribution >= 4 is 22.4 Å². The maximum Gasteiger partial charge on any atom is 0.240 e. The quantitative estimate of drug-likeness (QED) is 0.787. The number of likely N-dealkylation sites (tertiary alicyclic amines) is 1. The van der Waals surface area contributed by atoms with Crippen LogP contribution in [0.3, 0.4) is 0 Å². The minimum Gasteiger partial charge on any atom is -0.379 e. The molecule has 0 saturated carbocycles.